The summed E-state index contributed by atoms with van der Waals surface area (Å²) in [6.07, 6.45) is 6.60. The van der Waals surface area contributed by atoms with Gasteiger partial charge in [0.15, 0.2) is 11.4 Å². The molecule has 0 atom stereocenters. The highest BCUT2D eigenvalue weighted by molar-refractivity contribution is 6.32. The number of imidazole rings is 1. The van der Waals surface area contributed by atoms with Crippen LogP contribution in [-0.2, 0) is 7.05 Å². The molecule has 4 heterocycles. The Morgan fingerprint density at radius 1 is 1.18 bits per heavy atom. The van der Waals surface area contributed by atoms with Crippen molar-refractivity contribution in [1.29, 1.82) is 0 Å². The normalized spacial score (nSPS) is 11.0. The van der Waals surface area contributed by atoms with E-state index in [4.69, 9.17) is 16.3 Å². The molecule has 33 heavy (non-hydrogen) atoms. The molecule has 0 fully saturated rings. The lowest BCUT2D eigenvalue weighted by Crippen LogP contribution is -2.11. The van der Waals surface area contributed by atoms with Crippen LogP contribution >= 0.6 is 11.6 Å². The van der Waals surface area contributed by atoms with E-state index in [0.29, 0.717) is 44.8 Å². The van der Waals surface area contributed by atoms with Crippen molar-refractivity contribution >= 4 is 34.4 Å². The van der Waals surface area contributed by atoms with Gasteiger partial charge >= 0.3 is 0 Å². The van der Waals surface area contributed by atoms with Gasteiger partial charge in [0, 0.05) is 25.0 Å². The molecular weight excluding hydrogens is 442 g/mol. The van der Waals surface area contributed by atoms with Crippen molar-refractivity contribution < 1.29 is 9.53 Å². The fourth-order valence-electron chi connectivity index (χ4n) is 3.40. The van der Waals surface area contributed by atoms with Crippen LogP contribution in [0.1, 0.15) is 16.1 Å². The Balaban J connectivity index is 1.41. The number of amides is 1. The number of aromatic nitrogens is 6. The molecule has 5 aromatic rings. The summed E-state index contributed by atoms with van der Waals surface area (Å²) in [6.45, 7) is 1.91. The standard InChI is InChI=1S/C23H18ClN7O2/c1-13-17(12-31(2)30-13)21-28-19-20(18(24)11-26-22(19)29-21)33-16-7-5-14(6-8-16)23(32)27-15-4-3-9-25-10-15/h3-12H,1-2H3,(H,27,32)(H,26,28,29). The summed E-state index contributed by atoms with van der Waals surface area (Å²) >= 11 is 6.39. The van der Waals surface area contributed by atoms with Gasteiger partial charge in [0.2, 0.25) is 0 Å². The summed E-state index contributed by atoms with van der Waals surface area (Å²) in [5, 5.41) is 7.48. The minimum atomic E-state index is -0.246. The molecule has 0 aliphatic heterocycles. The van der Waals surface area contributed by atoms with E-state index in [1.165, 1.54) is 6.20 Å². The maximum atomic E-state index is 12.5. The Bertz CT molecular complexity index is 1460. The van der Waals surface area contributed by atoms with Crippen LogP contribution in [0.25, 0.3) is 22.6 Å². The van der Waals surface area contributed by atoms with Crippen molar-refractivity contribution in [3.05, 3.63) is 77.5 Å². The summed E-state index contributed by atoms with van der Waals surface area (Å²) in [6, 6.07) is 10.3. The number of fused-ring (bicyclic) bond motifs is 1. The molecular formula is C23H18ClN7O2. The highest BCUT2D eigenvalue weighted by Crippen LogP contribution is 2.36. The first-order valence-electron chi connectivity index (χ1n) is 10.0. The summed E-state index contributed by atoms with van der Waals surface area (Å²) in [5.74, 6) is 1.28. The Morgan fingerprint density at radius 3 is 2.70 bits per heavy atom. The fourth-order valence-corrected chi connectivity index (χ4v) is 3.59. The molecule has 0 radical (unpaired) electrons. The number of H-pyrrole nitrogens is 1. The van der Waals surface area contributed by atoms with Crippen molar-refractivity contribution in [2.45, 2.75) is 6.92 Å². The lowest BCUT2D eigenvalue weighted by atomic mass is 10.2. The van der Waals surface area contributed by atoms with E-state index < -0.39 is 0 Å². The average Bonchev–Trinajstić information content (AvgIpc) is 3.39. The molecule has 0 aliphatic carbocycles. The lowest BCUT2D eigenvalue weighted by Gasteiger charge is -2.09. The van der Waals surface area contributed by atoms with Crippen LogP contribution in [0.5, 0.6) is 11.5 Å². The molecule has 0 saturated carbocycles. The van der Waals surface area contributed by atoms with E-state index in [2.05, 4.69) is 30.4 Å². The maximum absolute atomic E-state index is 12.5. The maximum Gasteiger partial charge on any atom is 0.255 e. The first-order chi connectivity index (χ1) is 16.0. The number of aromatic amines is 1. The monoisotopic (exact) mass is 459 g/mol. The zero-order chi connectivity index (χ0) is 22.9. The van der Waals surface area contributed by atoms with Crippen LogP contribution in [0.2, 0.25) is 5.02 Å². The molecule has 0 bridgehead atoms. The average molecular weight is 460 g/mol. The number of rotatable bonds is 5. The highest BCUT2D eigenvalue weighted by atomic mass is 35.5. The van der Waals surface area contributed by atoms with Crippen LogP contribution in [0.3, 0.4) is 0 Å². The molecule has 1 amide bonds. The van der Waals surface area contributed by atoms with Gasteiger partial charge in [-0.25, -0.2) is 9.97 Å². The number of carbonyl (C=O) groups is 1. The third-order valence-electron chi connectivity index (χ3n) is 4.95. The Labute approximate surface area is 193 Å². The summed E-state index contributed by atoms with van der Waals surface area (Å²) in [5.41, 5.74) is 3.84. The summed E-state index contributed by atoms with van der Waals surface area (Å²) in [7, 11) is 1.85. The number of aryl methyl sites for hydroxylation is 2. The number of benzene rings is 1. The summed E-state index contributed by atoms with van der Waals surface area (Å²) < 4.78 is 7.78. The molecule has 9 nitrogen and oxygen atoms in total. The van der Waals surface area contributed by atoms with E-state index in [1.54, 1.807) is 53.5 Å². The molecule has 2 N–H and O–H groups in total. The van der Waals surface area contributed by atoms with E-state index in [-0.39, 0.29) is 5.91 Å². The molecule has 0 aliphatic rings. The lowest BCUT2D eigenvalue weighted by molar-refractivity contribution is 0.102. The van der Waals surface area contributed by atoms with Crippen LogP contribution < -0.4 is 10.1 Å². The van der Waals surface area contributed by atoms with Crippen molar-refractivity contribution in [3.63, 3.8) is 0 Å². The number of nitrogens with one attached hydrogen (secondary N) is 2. The molecule has 4 aromatic heterocycles. The molecule has 10 heteroatoms. The number of halogens is 1. The van der Waals surface area contributed by atoms with Gasteiger partial charge in [0.25, 0.3) is 5.91 Å². The third kappa shape index (κ3) is 4.13. The van der Waals surface area contributed by atoms with Gasteiger partial charge in [-0.1, -0.05) is 11.6 Å². The first kappa shape index (κ1) is 20.7. The number of carbonyl (C=O) groups excluding carboxylic acids is 1. The van der Waals surface area contributed by atoms with E-state index >= 15 is 0 Å². The second kappa shape index (κ2) is 8.36. The first-order valence-corrected chi connectivity index (χ1v) is 10.4. The smallest absolute Gasteiger partial charge is 0.255 e. The van der Waals surface area contributed by atoms with Gasteiger partial charge in [-0.2, -0.15) is 5.10 Å². The topological polar surface area (TPSA) is 111 Å². The number of hydrogen-bond donors (Lipinski definition) is 2. The molecule has 1 aromatic carbocycles. The van der Waals surface area contributed by atoms with Crippen LogP contribution in [0, 0.1) is 6.92 Å². The quantitative estimate of drug-likeness (QED) is 0.392. The van der Waals surface area contributed by atoms with Crippen LogP contribution in [-0.4, -0.2) is 35.6 Å². The second-order valence-electron chi connectivity index (χ2n) is 7.34. The second-order valence-corrected chi connectivity index (χ2v) is 7.75. The van der Waals surface area contributed by atoms with Crippen molar-refractivity contribution in [2.75, 3.05) is 5.32 Å². The van der Waals surface area contributed by atoms with E-state index in [1.807, 2.05) is 20.2 Å². The van der Waals surface area contributed by atoms with E-state index in [0.717, 1.165) is 11.3 Å². The third-order valence-corrected chi connectivity index (χ3v) is 5.22. The van der Waals surface area contributed by atoms with Gasteiger partial charge in [0.1, 0.15) is 22.1 Å². The highest BCUT2D eigenvalue weighted by Gasteiger charge is 2.18. The minimum absolute atomic E-state index is 0.246. The molecule has 5 rings (SSSR count). The molecule has 0 saturated heterocycles. The number of pyridine rings is 2. The molecule has 0 spiro atoms. The van der Waals surface area contributed by atoms with Crippen molar-refractivity contribution in [1.82, 2.24) is 29.7 Å². The van der Waals surface area contributed by atoms with Crippen LogP contribution in [0.4, 0.5) is 5.69 Å². The van der Waals surface area contributed by atoms with Gasteiger partial charge in [-0.05, 0) is 43.3 Å². The number of nitrogens with zero attached hydrogens (tertiary/aromatic N) is 5. The Morgan fingerprint density at radius 2 is 2.00 bits per heavy atom. The zero-order valence-corrected chi connectivity index (χ0v) is 18.5. The SMILES string of the molecule is Cc1nn(C)cc1-c1nc2ncc(Cl)c(Oc3ccc(C(=O)Nc4cccnc4)cc3)c2[nH]1. The van der Waals surface area contributed by atoms with Gasteiger partial charge < -0.3 is 15.0 Å². The zero-order valence-electron chi connectivity index (χ0n) is 17.7. The van der Waals surface area contributed by atoms with E-state index in [9.17, 15) is 4.79 Å². The van der Waals surface area contributed by atoms with Gasteiger partial charge in [-0.3, -0.25) is 14.5 Å². The Kier molecular flexibility index (Phi) is 5.23. The van der Waals surface area contributed by atoms with Crippen LogP contribution in [0.15, 0.2) is 61.2 Å². The van der Waals surface area contributed by atoms with Gasteiger partial charge in [0.05, 0.1) is 29.3 Å². The molecule has 164 valence electrons. The largest absolute Gasteiger partial charge is 0.453 e. The Hall–Kier alpha value is -4.24. The predicted molar refractivity (Wildman–Crippen MR) is 125 cm³/mol. The van der Waals surface area contributed by atoms with Gasteiger partial charge in [-0.15, -0.1) is 0 Å². The minimum Gasteiger partial charge on any atom is -0.453 e. The summed E-state index contributed by atoms with van der Waals surface area (Å²) in [4.78, 5) is 28.5. The fraction of sp³-hybridized carbons (Fsp3) is 0.0870. The number of anilines is 1. The number of ether oxygens (including phenoxy) is 1. The van der Waals surface area contributed by atoms with Crippen molar-refractivity contribution in [2.24, 2.45) is 7.05 Å². The van der Waals surface area contributed by atoms with Crippen molar-refractivity contribution in [3.8, 4) is 22.9 Å². The number of hydrogen-bond acceptors (Lipinski definition) is 6. The molecule has 0 unspecified atom stereocenters. The predicted octanol–water partition coefficient (Wildman–Crippen LogP) is 4.76.